The molecule has 0 aliphatic heterocycles. The second-order valence-electron chi connectivity index (χ2n) is 2.01. The Kier molecular flexibility index (Phi) is 13.3. The molecular formula is C6H15LiNO3. The van der Waals surface area contributed by atoms with Crippen molar-refractivity contribution in [3.05, 3.63) is 0 Å². The molecule has 0 atom stereocenters. The quantitative estimate of drug-likeness (QED) is 0.385. The summed E-state index contributed by atoms with van der Waals surface area (Å²) in [5.74, 6) is 0. The normalized spacial score (nSPS) is 9.82. The molecule has 0 heterocycles. The minimum absolute atomic E-state index is 0. The molecular weight excluding hydrogens is 141 g/mol. The van der Waals surface area contributed by atoms with E-state index in [1.807, 2.05) is 0 Å². The van der Waals surface area contributed by atoms with Gasteiger partial charge in [-0.3, -0.25) is 4.90 Å². The van der Waals surface area contributed by atoms with Gasteiger partial charge in [0, 0.05) is 38.5 Å². The van der Waals surface area contributed by atoms with Gasteiger partial charge < -0.3 is 15.3 Å². The monoisotopic (exact) mass is 156 g/mol. The average Bonchev–Trinajstić information content (AvgIpc) is 1.90. The van der Waals surface area contributed by atoms with Gasteiger partial charge in [-0.15, -0.1) is 0 Å². The summed E-state index contributed by atoms with van der Waals surface area (Å²) in [6.07, 6.45) is 0. The Balaban J connectivity index is 0. The molecule has 0 spiro atoms. The fourth-order valence-corrected chi connectivity index (χ4v) is 0.760. The van der Waals surface area contributed by atoms with Crippen molar-refractivity contribution in [2.75, 3.05) is 39.5 Å². The van der Waals surface area contributed by atoms with Crippen LogP contribution in [-0.2, 0) is 0 Å². The van der Waals surface area contributed by atoms with Crippen LogP contribution in [-0.4, -0.2) is 78.5 Å². The molecule has 0 amide bonds. The second kappa shape index (κ2) is 10.4. The van der Waals surface area contributed by atoms with Crippen molar-refractivity contribution in [1.29, 1.82) is 0 Å². The van der Waals surface area contributed by atoms with Crippen LogP contribution in [0.15, 0.2) is 0 Å². The molecule has 0 aromatic rings. The molecule has 0 aliphatic carbocycles. The van der Waals surface area contributed by atoms with Crippen molar-refractivity contribution < 1.29 is 15.3 Å². The maximum absolute atomic E-state index is 8.48. The predicted octanol–water partition coefficient (Wildman–Crippen LogP) is -2.12. The molecule has 0 saturated heterocycles. The number of aliphatic hydroxyl groups is 3. The fraction of sp³-hybridized carbons (Fsp3) is 1.00. The maximum Gasteiger partial charge on any atom is 0.0558 e. The molecule has 3 N–H and O–H groups in total. The predicted molar refractivity (Wildman–Crippen MR) is 43.5 cm³/mol. The van der Waals surface area contributed by atoms with E-state index in [0.717, 1.165) is 0 Å². The Hall–Kier alpha value is 0.437. The Morgan fingerprint density at radius 3 is 1.18 bits per heavy atom. The summed E-state index contributed by atoms with van der Waals surface area (Å²) >= 11 is 0. The van der Waals surface area contributed by atoms with E-state index in [-0.39, 0.29) is 38.7 Å². The van der Waals surface area contributed by atoms with Gasteiger partial charge >= 0.3 is 0 Å². The average molecular weight is 156 g/mol. The smallest absolute Gasteiger partial charge is 0.0558 e. The van der Waals surface area contributed by atoms with Crippen LogP contribution in [0.5, 0.6) is 0 Å². The SMILES string of the molecule is OCCN(CCO)CCO.[Li]. The van der Waals surface area contributed by atoms with E-state index < -0.39 is 0 Å². The Morgan fingerprint density at radius 1 is 0.727 bits per heavy atom. The first-order valence-corrected chi connectivity index (χ1v) is 3.40. The van der Waals surface area contributed by atoms with Crippen molar-refractivity contribution in [2.45, 2.75) is 0 Å². The van der Waals surface area contributed by atoms with Gasteiger partial charge in [-0.25, -0.2) is 0 Å². The number of nitrogens with zero attached hydrogens (tertiary/aromatic N) is 1. The van der Waals surface area contributed by atoms with Crippen LogP contribution in [0.3, 0.4) is 0 Å². The molecule has 0 bridgehead atoms. The molecule has 1 radical (unpaired) electrons. The molecule has 5 heteroatoms. The molecule has 0 aromatic heterocycles. The van der Waals surface area contributed by atoms with Gasteiger partial charge in [-0.2, -0.15) is 0 Å². The van der Waals surface area contributed by atoms with E-state index in [4.69, 9.17) is 15.3 Å². The largest absolute Gasteiger partial charge is 0.395 e. The zero-order chi connectivity index (χ0) is 7.82. The van der Waals surface area contributed by atoms with Crippen LogP contribution in [0, 0.1) is 0 Å². The first-order valence-electron chi connectivity index (χ1n) is 3.40. The first-order chi connectivity index (χ1) is 4.85. The molecule has 0 aliphatic rings. The molecule has 0 saturated carbocycles. The summed E-state index contributed by atoms with van der Waals surface area (Å²) in [6, 6.07) is 0. The van der Waals surface area contributed by atoms with Gasteiger partial charge in [-0.05, 0) is 0 Å². The third kappa shape index (κ3) is 8.34. The molecule has 0 aromatic carbocycles. The minimum Gasteiger partial charge on any atom is -0.395 e. The summed E-state index contributed by atoms with van der Waals surface area (Å²) in [5, 5.41) is 25.5. The minimum atomic E-state index is 0. The van der Waals surface area contributed by atoms with E-state index >= 15 is 0 Å². The molecule has 11 heavy (non-hydrogen) atoms. The van der Waals surface area contributed by atoms with Crippen LogP contribution in [0.4, 0.5) is 0 Å². The van der Waals surface area contributed by atoms with Gasteiger partial charge in [0.2, 0.25) is 0 Å². The zero-order valence-corrected chi connectivity index (χ0v) is 7.03. The van der Waals surface area contributed by atoms with Crippen molar-refractivity contribution in [3.8, 4) is 0 Å². The van der Waals surface area contributed by atoms with E-state index in [0.29, 0.717) is 19.6 Å². The van der Waals surface area contributed by atoms with Crippen molar-refractivity contribution in [2.24, 2.45) is 0 Å². The maximum atomic E-state index is 8.48. The van der Waals surface area contributed by atoms with Crippen LogP contribution >= 0.6 is 0 Å². The van der Waals surface area contributed by atoms with Crippen LogP contribution in [0.2, 0.25) is 0 Å². The summed E-state index contributed by atoms with van der Waals surface area (Å²) in [4.78, 5) is 1.79. The molecule has 4 nitrogen and oxygen atoms in total. The Morgan fingerprint density at radius 2 is 1.00 bits per heavy atom. The number of hydrogen-bond donors (Lipinski definition) is 3. The fourth-order valence-electron chi connectivity index (χ4n) is 0.760. The Labute approximate surface area is 79.0 Å². The van der Waals surface area contributed by atoms with Crippen LogP contribution < -0.4 is 0 Å². The summed E-state index contributed by atoms with van der Waals surface area (Å²) in [5.41, 5.74) is 0. The van der Waals surface area contributed by atoms with Gasteiger partial charge in [0.1, 0.15) is 0 Å². The van der Waals surface area contributed by atoms with Gasteiger partial charge in [0.25, 0.3) is 0 Å². The Bertz CT molecular complexity index is 60.6. The summed E-state index contributed by atoms with van der Waals surface area (Å²) < 4.78 is 0. The van der Waals surface area contributed by atoms with E-state index in [9.17, 15) is 0 Å². The van der Waals surface area contributed by atoms with Crippen molar-refractivity contribution in [1.82, 2.24) is 4.90 Å². The molecule has 0 unspecified atom stereocenters. The first kappa shape index (κ1) is 14.0. The number of aliphatic hydroxyl groups excluding tert-OH is 3. The third-order valence-corrected chi connectivity index (χ3v) is 1.25. The summed E-state index contributed by atoms with van der Waals surface area (Å²) in [7, 11) is 0. The summed E-state index contributed by atoms with van der Waals surface area (Å²) in [6.45, 7) is 1.75. The van der Waals surface area contributed by atoms with E-state index in [2.05, 4.69) is 0 Å². The standard InChI is InChI=1S/C6H15NO3.Li/c8-4-1-7(2-5-9)3-6-10;/h8-10H,1-6H2;. The van der Waals surface area contributed by atoms with Gasteiger partial charge in [0.05, 0.1) is 19.8 Å². The second-order valence-corrected chi connectivity index (χ2v) is 2.01. The molecule has 63 valence electrons. The van der Waals surface area contributed by atoms with Gasteiger partial charge in [-0.1, -0.05) is 0 Å². The number of rotatable bonds is 6. The topological polar surface area (TPSA) is 63.9 Å². The number of hydrogen-bond acceptors (Lipinski definition) is 4. The molecule has 0 rings (SSSR count). The zero-order valence-electron chi connectivity index (χ0n) is 7.03. The van der Waals surface area contributed by atoms with Gasteiger partial charge in [0.15, 0.2) is 0 Å². The third-order valence-electron chi connectivity index (χ3n) is 1.25. The van der Waals surface area contributed by atoms with Crippen LogP contribution in [0.1, 0.15) is 0 Å². The van der Waals surface area contributed by atoms with Crippen LogP contribution in [0.25, 0.3) is 0 Å². The van der Waals surface area contributed by atoms with Crippen molar-refractivity contribution >= 4 is 18.9 Å². The van der Waals surface area contributed by atoms with E-state index in [1.165, 1.54) is 0 Å². The molecule has 0 fully saturated rings. The van der Waals surface area contributed by atoms with Crippen molar-refractivity contribution in [3.63, 3.8) is 0 Å². The van der Waals surface area contributed by atoms with E-state index in [1.54, 1.807) is 4.90 Å².